The molecule has 0 radical (unpaired) electrons. The molecule has 2 rings (SSSR count). The van der Waals surface area contributed by atoms with E-state index < -0.39 is 25.1 Å². The molecular formula is C18H21F2NO6. The Bertz CT molecular complexity index is 674. The number of alkyl halides is 2. The second kappa shape index (κ2) is 9.84. The van der Waals surface area contributed by atoms with Crippen molar-refractivity contribution in [3.63, 3.8) is 0 Å². The van der Waals surface area contributed by atoms with E-state index in [-0.39, 0.29) is 23.2 Å². The van der Waals surface area contributed by atoms with E-state index >= 15 is 0 Å². The highest BCUT2D eigenvalue weighted by molar-refractivity contribution is 5.94. The normalized spacial score (nSPS) is 14.7. The summed E-state index contributed by atoms with van der Waals surface area (Å²) in [5.41, 5.74) is -0.188. The van der Waals surface area contributed by atoms with Crippen molar-refractivity contribution in [1.29, 1.82) is 0 Å². The third kappa shape index (κ3) is 5.90. The molecule has 1 aromatic rings. The number of benzene rings is 1. The number of rotatable bonds is 7. The molecule has 1 amide bonds. The van der Waals surface area contributed by atoms with Crippen LogP contribution in [0.3, 0.4) is 0 Å². The van der Waals surface area contributed by atoms with Gasteiger partial charge in [-0.15, -0.1) is 0 Å². The van der Waals surface area contributed by atoms with Crippen LogP contribution >= 0.6 is 0 Å². The van der Waals surface area contributed by atoms with Gasteiger partial charge in [-0.25, -0.2) is 4.79 Å². The summed E-state index contributed by atoms with van der Waals surface area (Å²) in [5, 5.41) is 0. The number of esters is 2. The first kappa shape index (κ1) is 20.6. The minimum atomic E-state index is -3.08. The number of para-hydroxylation sites is 1. The Kier molecular flexibility index (Phi) is 7.51. The van der Waals surface area contributed by atoms with Crippen molar-refractivity contribution in [2.24, 2.45) is 5.92 Å². The summed E-state index contributed by atoms with van der Waals surface area (Å²) in [7, 11) is 0. The zero-order valence-corrected chi connectivity index (χ0v) is 14.9. The van der Waals surface area contributed by atoms with Gasteiger partial charge in [0.05, 0.1) is 12.5 Å². The summed E-state index contributed by atoms with van der Waals surface area (Å²) in [4.78, 5) is 37.4. The fraction of sp³-hybridized carbons (Fsp3) is 0.500. The molecule has 1 heterocycles. The number of carbonyl (C=O) groups excluding carboxylic acids is 3. The minimum Gasteiger partial charge on any atom is -0.466 e. The Morgan fingerprint density at radius 2 is 1.81 bits per heavy atom. The smallest absolute Gasteiger partial charge is 0.387 e. The van der Waals surface area contributed by atoms with Gasteiger partial charge in [-0.1, -0.05) is 12.1 Å². The highest BCUT2D eigenvalue weighted by Gasteiger charge is 2.28. The molecular weight excluding hydrogens is 364 g/mol. The summed E-state index contributed by atoms with van der Waals surface area (Å²) in [6, 6.07) is 5.39. The van der Waals surface area contributed by atoms with Crippen LogP contribution in [0.4, 0.5) is 8.78 Å². The number of likely N-dealkylation sites (tertiary alicyclic amines) is 1. The zero-order chi connectivity index (χ0) is 19.8. The van der Waals surface area contributed by atoms with Crippen LogP contribution in [0.5, 0.6) is 5.75 Å². The number of ether oxygens (including phenoxy) is 3. The highest BCUT2D eigenvalue weighted by atomic mass is 19.3. The number of carbonyl (C=O) groups is 3. The lowest BCUT2D eigenvalue weighted by atomic mass is 9.97. The standard InChI is InChI=1S/C18H21F2NO6/c1-2-25-16(23)12-7-9-21(10-8-12)15(22)11-26-17(24)13-5-3-4-6-14(13)27-18(19)20/h3-6,12,18H,2,7-11H2,1H3. The van der Waals surface area contributed by atoms with E-state index in [9.17, 15) is 23.2 Å². The van der Waals surface area contributed by atoms with Crippen LogP contribution in [0.2, 0.25) is 0 Å². The second-order valence-corrected chi connectivity index (χ2v) is 5.86. The van der Waals surface area contributed by atoms with Crippen molar-refractivity contribution in [3.05, 3.63) is 29.8 Å². The Morgan fingerprint density at radius 3 is 2.44 bits per heavy atom. The average Bonchev–Trinajstić information content (AvgIpc) is 2.66. The van der Waals surface area contributed by atoms with E-state index in [1.54, 1.807) is 6.92 Å². The summed E-state index contributed by atoms with van der Waals surface area (Å²) in [6.07, 6.45) is 0.952. The number of halogens is 2. The van der Waals surface area contributed by atoms with Gasteiger partial charge in [-0.05, 0) is 31.9 Å². The third-order valence-corrected chi connectivity index (χ3v) is 4.12. The van der Waals surface area contributed by atoms with Crippen LogP contribution in [0, 0.1) is 5.92 Å². The molecule has 0 N–H and O–H groups in total. The fourth-order valence-corrected chi connectivity index (χ4v) is 2.76. The molecule has 1 saturated heterocycles. The van der Waals surface area contributed by atoms with Gasteiger partial charge in [-0.2, -0.15) is 8.78 Å². The van der Waals surface area contributed by atoms with Crippen LogP contribution in [-0.2, 0) is 19.1 Å². The molecule has 1 aliphatic rings. The lowest BCUT2D eigenvalue weighted by Crippen LogP contribution is -2.42. The van der Waals surface area contributed by atoms with E-state index in [1.165, 1.54) is 29.2 Å². The first-order valence-corrected chi connectivity index (χ1v) is 8.57. The molecule has 0 unspecified atom stereocenters. The van der Waals surface area contributed by atoms with Gasteiger partial charge < -0.3 is 19.1 Å². The Balaban J connectivity index is 1.84. The van der Waals surface area contributed by atoms with Crippen LogP contribution in [0.25, 0.3) is 0 Å². The lowest BCUT2D eigenvalue weighted by Gasteiger charge is -2.30. The average molecular weight is 385 g/mol. The maximum atomic E-state index is 12.4. The summed E-state index contributed by atoms with van der Waals surface area (Å²) in [5.74, 6) is -2.18. The van der Waals surface area contributed by atoms with Crippen molar-refractivity contribution in [2.75, 3.05) is 26.3 Å². The maximum absolute atomic E-state index is 12.4. The van der Waals surface area contributed by atoms with E-state index in [2.05, 4.69) is 4.74 Å². The van der Waals surface area contributed by atoms with E-state index in [0.29, 0.717) is 32.5 Å². The molecule has 0 aromatic heterocycles. The number of nitrogens with zero attached hydrogens (tertiary/aromatic N) is 1. The van der Waals surface area contributed by atoms with Crippen molar-refractivity contribution in [2.45, 2.75) is 26.4 Å². The van der Waals surface area contributed by atoms with Crippen molar-refractivity contribution in [3.8, 4) is 5.75 Å². The number of amides is 1. The predicted molar refractivity (Wildman–Crippen MR) is 89.3 cm³/mol. The molecule has 0 bridgehead atoms. The molecule has 1 aliphatic heterocycles. The quantitative estimate of drug-likeness (QED) is 0.670. The van der Waals surface area contributed by atoms with Gasteiger partial charge in [0.2, 0.25) is 0 Å². The van der Waals surface area contributed by atoms with Crippen molar-refractivity contribution >= 4 is 17.8 Å². The molecule has 27 heavy (non-hydrogen) atoms. The molecule has 0 spiro atoms. The van der Waals surface area contributed by atoms with Crippen LogP contribution in [0.1, 0.15) is 30.1 Å². The van der Waals surface area contributed by atoms with Crippen LogP contribution < -0.4 is 4.74 Å². The monoisotopic (exact) mass is 385 g/mol. The second-order valence-electron chi connectivity index (χ2n) is 5.86. The summed E-state index contributed by atoms with van der Waals surface area (Å²) < 4.78 is 38.9. The molecule has 0 aliphatic carbocycles. The molecule has 1 aromatic carbocycles. The number of hydrogen-bond acceptors (Lipinski definition) is 6. The van der Waals surface area contributed by atoms with Crippen molar-refractivity contribution in [1.82, 2.24) is 4.90 Å². The highest BCUT2D eigenvalue weighted by Crippen LogP contribution is 2.22. The van der Waals surface area contributed by atoms with Crippen LogP contribution in [0.15, 0.2) is 24.3 Å². The maximum Gasteiger partial charge on any atom is 0.387 e. The first-order chi connectivity index (χ1) is 12.9. The SMILES string of the molecule is CCOC(=O)C1CCN(C(=O)COC(=O)c2ccccc2OC(F)F)CC1. The van der Waals surface area contributed by atoms with Crippen LogP contribution in [-0.4, -0.2) is 55.7 Å². The third-order valence-electron chi connectivity index (χ3n) is 4.12. The summed E-state index contributed by atoms with van der Waals surface area (Å²) >= 11 is 0. The largest absolute Gasteiger partial charge is 0.466 e. The van der Waals surface area contributed by atoms with Gasteiger partial charge in [0.15, 0.2) is 6.61 Å². The number of piperidine rings is 1. The lowest BCUT2D eigenvalue weighted by molar-refractivity contribution is -0.151. The molecule has 1 fully saturated rings. The van der Waals surface area contributed by atoms with E-state index in [4.69, 9.17) is 9.47 Å². The Morgan fingerprint density at radius 1 is 1.15 bits per heavy atom. The van der Waals surface area contributed by atoms with E-state index in [1.807, 2.05) is 0 Å². The van der Waals surface area contributed by atoms with E-state index in [0.717, 1.165) is 0 Å². The zero-order valence-electron chi connectivity index (χ0n) is 14.9. The predicted octanol–water partition coefficient (Wildman–Crippen LogP) is 2.25. The minimum absolute atomic E-state index is 0.188. The van der Waals surface area contributed by atoms with Crippen molar-refractivity contribution < 1.29 is 37.4 Å². The first-order valence-electron chi connectivity index (χ1n) is 8.57. The van der Waals surface area contributed by atoms with Gasteiger partial charge >= 0.3 is 18.6 Å². The summed E-state index contributed by atoms with van der Waals surface area (Å²) in [6.45, 7) is -0.858. The van der Waals surface area contributed by atoms with Gasteiger partial charge in [0, 0.05) is 13.1 Å². The molecule has 7 nitrogen and oxygen atoms in total. The Hall–Kier alpha value is -2.71. The molecule has 148 valence electrons. The molecule has 0 saturated carbocycles. The van der Waals surface area contributed by atoms with Gasteiger partial charge in [-0.3, -0.25) is 9.59 Å². The number of hydrogen-bond donors (Lipinski definition) is 0. The fourth-order valence-electron chi connectivity index (χ4n) is 2.76. The Labute approximate surface area is 155 Å². The van der Waals surface area contributed by atoms with Gasteiger partial charge in [0.1, 0.15) is 11.3 Å². The van der Waals surface area contributed by atoms with Gasteiger partial charge in [0.25, 0.3) is 5.91 Å². The topological polar surface area (TPSA) is 82.1 Å². The molecule has 9 heteroatoms. The molecule has 0 atom stereocenters.